The minimum Gasteiger partial charge on any atom is -0.484 e. The molecule has 0 saturated heterocycles. The molecule has 2 aromatic carbocycles. The van der Waals surface area contributed by atoms with Gasteiger partial charge in [-0.3, -0.25) is 9.69 Å². The molecule has 1 amide bonds. The lowest BCUT2D eigenvalue weighted by Gasteiger charge is -2.23. The molecule has 0 aliphatic carbocycles. The smallest absolute Gasteiger partial charge is 0.422 e. The van der Waals surface area contributed by atoms with Gasteiger partial charge in [0.1, 0.15) is 5.75 Å². The zero-order chi connectivity index (χ0) is 20.9. The molecule has 2 rings (SSSR count). The Hall–Kier alpha value is -2.54. The number of anilines is 1. The highest BCUT2D eigenvalue weighted by Gasteiger charge is 2.29. The van der Waals surface area contributed by atoms with Crippen LogP contribution >= 0.6 is 0 Å². The van der Waals surface area contributed by atoms with Gasteiger partial charge in [-0.25, -0.2) is 0 Å². The molecule has 0 N–H and O–H groups in total. The number of hydrogen-bond donors (Lipinski definition) is 0. The van der Waals surface area contributed by atoms with E-state index >= 15 is 0 Å². The number of para-hydroxylation sites is 1. The van der Waals surface area contributed by atoms with Gasteiger partial charge in [0, 0.05) is 19.3 Å². The molecule has 0 spiro atoms. The molecule has 0 aliphatic rings. The maximum absolute atomic E-state index is 12.5. The topological polar surface area (TPSA) is 32.8 Å². The summed E-state index contributed by atoms with van der Waals surface area (Å²) in [6, 6.07) is 12.9. The second kappa shape index (κ2) is 9.10. The summed E-state index contributed by atoms with van der Waals surface area (Å²) in [7, 11) is 3.56. The highest BCUT2D eigenvalue weighted by atomic mass is 19.4. The second-order valence-electron chi connectivity index (χ2n) is 6.92. The van der Waals surface area contributed by atoms with E-state index in [1.54, 1.807) is 37.9 Å². The van der Waals surface area contributed by atoms with Crippen molar-refractivity contribution < 1.29 is 22.7 Å². The number of likely N-dealkylation sites (N-methyl/N-ethyl adjacent to an activating group) is 2. The van der Waals surface area contributed by atoms with Crippen molar-refractivity contribution in [3.05, 3.63) is 59.2 Å². The van der Waals surface area contributed by atoms with Crippen molar-refractivity contribution in [3.8, 4) is 5.75 Å². The fourth-order valence-corrected chi connectivity index (χ4v) is 3.01. The van der Waals surface area contributed by atoms with Crippen LogP contribution in [0.1, 0.15) is 16.7 Å². The number of carbonyl (C=O) groups is 1. The van der Waals surface area contributed by atoms with Gasteiger partial charge in [-0.15, -0.1) is 0 Å². The average Bonchev–Trinajstić information content (AvgIpc) is 2.60. The average molecular weight is 394 g/mol. The number of halogens is 3. The van der Waals surface area contributed by atoms with Crippen molar-refractivity contribution >= 4 is 11.6 Å². The van der Waals surface area contributed by atoms with Crippen LogP contribution in [0.4, 0.5) is 18.9 Å². The fraction of sp³-hybridized carbons (Fsp3) is 0.381. The molecule has 0 aromatic heterocycles. The minimum atomic E-state index is -4.37. The normalized spacial score (nSPS) is 11.6. The Labute approximate surface area is 163 Å². The van der Waals surface area contributed by atoms with Gasteiger partial charge in [-0.05, 0) is 49.7 Å². The summed E-state index contributed by atoms with van der Waals surface area (Å²) in [4.78, 5) is 15.9. The van der Waals surface area contributed by atoms with Crippen LogP contribution in [0, 0.1) is 13.8 Å². The minimum absolute atomic E-state index is 0.0488. The molecule has 2 aromatic rings. The summed E-state index contributed by atoms with van der Waals surface area (Å²) >= 11 is 0. The summed E-state index contributed by atoms with van der Waals surface area (Å²) in [6.07, 6.45) is -4.37. The first-order chi connectivity index (χ1) is 13.1. The summed E-state index contributed by atoms with van der Waals surface area (Å²) in [6.45, 7) is 2.84. The number of hydrogen-bond acceptors (Lipinski definition) is 3. The molecule has 152 valence electrons. The first-order valence-electron chi connectivity index (χ1n) is 8.86. The van der Waals surface area contributed by atoms with Crippen molar-refractivity contribution in [1.29, 1.82) is 0 Å². The van der Waals surface area contributed by atoms with Crippen LogP contribution in [-0.2, 0) is 11.3 Å². The molecular weight excluding hydrogens is 369 g/mol. The van der Waals surface area contributed by atoms with E-state index in [0.29, 0.717) is 17.7 Å². The monoisotopic (exact) mass is 394 g/mol. The summed E-state index contributed by atoms with van der Waals surface area (Å²) in [5, 5.41) is 0. The summed E-state index contributed by atoms with van der Waals surface area (Å²) in [5.74, 6) is 0.205. The van der Waals surface area contributed by atoms with Gasteiger partial charge < -0.3 is 9.64 Å². The molecule has 0 bridgehead atoms. The van der Waals surface area contributed by atoms with Gasteiger partial charge in [0.2, 0.25) is 5.91 Å². The van der Waals surface area contributed by atoms with Crippen LogP contribution in [0.5, 0.6) is 5.75 Å². The Bertz CT molecular complexity index is 784. The van der Waals surface area contributed by atoms with Crippen molar-refractivity contribution in [2.75, 3.05) is 32.1 Å². The number of aryl methyl sites for hydroxylation is 2. The highest BCUT2D eigenvalue weighted by molar-refractivity contribution is 5.94. The Balaban J connectivity index is 2.00. The third-order valence-electron chi connectivity index (χ3n) is 4.28. The van der Waals surface area contributed by atoms with Crippen LogP contribution in [0.2, 0.25) is 0 Å². The Morgan fingerprint density at radius 1 is 1.04 bits per heavy atom. The lowest BCUT2D eigenvalue weighted by atomic mass is 10.1. The molecule has 4 nitrogen and oxygen atoms in total. The summed E-state index contributed by atoms with van der Waals surface area (Å²) in [5.41, 5.74) is 3.01. The van der Waals surface area contributed by atoms with Crippen LogP contribution in [-0.4, -0.2) is 44.2 Å². The molecule has 7 heteroatoms. The van der Waals surface area contributed by atoms with E-state index in [4.69, 9.17) is 4.74 Å². The Morgan fingerprint density at radius 3 is 2.14 bits per heavy atom. The van der Waals surface area contributed by atoms with Crippen molar-refractivity contribution in [1.82, 2.24) is 4.90 Å². The first-order valence-corrected chi connectivity index (χ1v) is 8.86. The molecule has 0 saturated carbocycles. The van der Waals surface area contributed by atoms with Crippen LogP contribution in [0.3, 0.4) is 0 Å². The Morgan fingerprint density at radius 2 is 1.61 bits per heavy atom. The largest absolute Gasteiger partial charge is 0.484 e. The van der Waals surface area contributed by atoms with Crippen LogP contribution in [0.25, 0.3) is 0 Å². The SMILES string of the molecule is Cc1cc(CN(C)CC(=O)N(C)c2ccccc2)cc(C)c1OCC(F)(F)F. The van der Waals surface area contributed by atoms with Crippen molar-refractivity contribution in [2.45, 2.75) is 26.6 Å². The van der Waals surface area contributed by atoms with Crippen molar-refractivity contribution in [3.63, 3.8) is 0 Å². The number of ether oxygens (including phenoxy) is 1. The summed E-state index contributed by atoms with van der Waals surface area (Å²) < 4.78 is 42.1. The standard InChI is InChI=1S/C21H25F3N2O2/c1-15-10-17(11-16(2)20(15)28-14-21(22,23)24)12-25(3)13-19(27)26(4)18-8-6-5-7-9-18/h5-11H,12-14H2,1-4H3. The fourth-order valence-electron chi connectivity index (χ4n) is 3.01. The number of nitrogens with zero attached hydrogens (tertiary/aromatic N) is 2. The van der Waals surface area contributed by atoms with Crippen molar-refractivity contribution in [2.24, 2.45) is 0 Å². The van der Waals surface area contributed by atoms with Gasteiger partial charge in [0.15, 0.2) is 6.61 Å². The molecule has 0 heterocycles. The Kier molecular flexibility index (Phi) is 7.07. The number of carbonyl (C=O) groups excluding carboxylic acids is 1. The molecule has 0 atom stereocenters. The molecular formula is C21H25F3N2O2. The molecule has 0 aliphatic heterocycles. The van der Waals surface area contributed by atoms with Gasteiger partial charge in [-0.2, -0.15) is 13.2 Å². The van der Waals surface area contributed by atoms with Gasteiger partial charge in [0.05, 0.1) is 6.54 Å². The molecule has 0 unspecified atom stereocenters. The molecule has 0 fully saturated rings. The predicted molar refractivity (Wildman–Crippen MR) is 104 cm³/mol. The number of rotatable bonds is 7. The van der Waals surface area contributed by atoms with E-state index in [0.717, 1.165) is 11.3 Å². The lowest BCUT2D eigenvalue weighted by Crippen LogP contribution is -2.36. The molecule has 28 heavy (non-hydrogen) atoms. The van der Waals surface area contributed by atoms with Gasteiger partial charge in [0.25, 0.3) is 0 Å². The number of alkyl halides is 3. The van der Waals surface area contributed by atoms with Crippen LogP contribution < -0.4 is 9.64 Å². The highest BCUT2D eigenvalue weighted by Crippen LogP contribution is 2.27. The van der Waals surface area contributed by atoms with E-state index < -0.39 is 12.8 Å². The quantitative estimate of drug-likeness (QED) is 0.700. The van der Waals surface area contributed by atoms with E-state index in [1.165, 1.54) is 0 Å². The number of benzene rings is 2. The second-order valence-corrected chi connectivity index (χ2v) is 6.92. The van der Waals surface area contributed by atoms with Crippen LogP contribution in [0.15, 0.2) is 42.5 Å². The zero-order valence-electron chi connectivity index (χ0n) is 16.5. The van der Waals surface area contributed by atoms with E-state index in [-0.39, 0.29) is 18.2 Å². The lowest BCUT2D eigenvalue weighted by molar-refractivity contribution is -0.153. The van der Waals surface area contributed by atoms with E-state index in [9.17, 15) is 18.0 Å². The van der Waals surface area contributed by atoms with Gasteiger partial charge >= 0.3 is 6.18 Å². The zero-order valence-corrected chi connectivity index (χ0v) is 16.5. The van der Waals surface area contributed by atoms with Gasteiger partial charge in [-0.1, -0.05) is 30.3 Å². The first kappa shape index (κ1) is 21.8. The maximum atomic E-state index is 12.5. The van der Waals surface area contributed by atoms with E-state index in [1.807, 2.05) is 42.3 Å². The third kappa shape index (κ3) is 6.27. The maximum Gasteiger partial charge on any atom is 0.422 e. The molecule has 0 radical (unpaired) electrons. The third-order valence-corrected chi connectivity index (χ3v) is 4.28. The predicted octanol–water partition coefficient (Wildman–Crippen LogP) is 4.34. The van der Waals surface area contributed by atoms with E-state index in [2.05, 4.69) is 0 Å². The number of amides is 1.